The van der Waals surface area contributed by atoms with Gasteiger partial charge in [-0.05, 0) is 38.0 Å². The Balaban J connectivity index is 1.82. The zero-order valence-electron chi connectivity index (χ0n) is 16.3. The fourth-order valence-corrected chi connectivity index (χ4v) is 3.14. The second-order valence-electron chi connectivity index (χ2n) is 6.65. The van der Waals surface area contributed by atoms with Crippen molar-refractivity contribution in [2.75, 3.05) is 13.2 Å². The Labute approximate surface area is 169 Å². The zero-order valence-corrected chi connectivity index (χ0v) is 16.3. The lowest BCUT2D eigenvalue weighted by atomic mass is 9.80. The molecule has 1 aromatic rings. The monoisotopic (exact) mass is 403 g/mol. The summed E-state index contributed by atoms with van der Waals surface area (Å²) in [7, 11) is 0. The highest BCUT2D eigenvalue weighted by Gasteiger charge is 2.33. The maximum Gasteiger partial charge on any atom is 0.513 e. The summed E-state index contributed by atoms with van der Waals surface area (Å²) in [6.45, 7) is 2.16. The summed E-state index contributed by atoms with van der Waals surface area (Å²) >= 11 is 0. The van der Waals surface area contributed by atoms with Gasteiger partial charge in [0.1, 0.15) is 12.4 Å². The fourth-order valence-electron chi connectivity index (χ4n) is 3.14. The molecule has 1 saturated carbocycles. The van der Waals surface area contributed by atoms with Gasteiger partial charge < -0.3 is 14.2 Å². The van der Waals surface area contributed by atoms with E-state index >= 15 is 0 Å². The van der Waals surface area contributed by atoms with E-state index in [1.165, 1.54) is 24.3 Å². The van der Waals surface area contributed by atoms with Gasteiger partial charge in [0, 0.05) is 18.1 Å². The van der Waals surface area contributed by atoms with Crippen molar-refractivity contribution in [3.05, 3.63) is 58.7 Å². The summed E-state index contributed by atoms with van der Waals surface area (Å²) in [4.78, 5) is 34.4. The lowest BCUT2D eigenvalue weighted by Crippen LogP contribution is -2.32. The Morgan fingerprint density at radius 2 is 1.86 bits per heavy atom. The van der Waals surface area contributed by atoms with Crippen molar-refractivity contribution >= 4 is 17.8 Å². The van der Waals surface area contributed by atoms with Crippen LogP contribution in [0.3, 0.4) is 0 Å². The van der Waals surface area contributed by atoms with Gasteiger partial charge >= 0.3 is 12.1 Å². The molecule has 2 atom stereocenters. The van der Waals surface area contributed by atoms with Crippen molar-refractivity contribution in [2.24, 2.45) is 11.8 Å². The van der Waals surface area contributed by atoms with Gasteiger partial charge in [-0.2, -0.15) is 0 Å². The minimum Gasteiger partial charge on any atom is -0.461 e. The maximum atomic E-state index is 12.4. The van der Waals surface area contributed by atoms with E-state index in [0.29, 0.717) is 6.42 Å². The van der Waals surface area contributed by atoms with Crippen molar-refractivity contribution in [1.82, 2.24) is 0 Å². The third-order valence-corrected chi connectivity index (χ3v) is 4.64. The van der Waals surface area contributed by atoms with E-state index in [2.05, 4.69) is 0 Å². The number of nitro groups is 1. The molecule has 1 aromatic carbocycles. The summed E-state index contributed by atoms with van der Waals surface area (Å²) in [6, 6.07) is 5.11. The molecule has 0 unspecified atom stereocenters. The first-order valence-corrected chi connectivity index (χ1v) is 9.54. The van der Waals surface area contributed by atoms with Gasteiger partial charge in [0.2, 0.25) is 0 Å². The van der Waals surface area contributed by atoms with Gasteiger partial charge in [-0.25, -0.2) is 4.79 Å². The molecule has 2 rings (SSSR count). The summed E-state index contributed by atoms with van der Waals surface area (Å²) < 4.78 is 15.5. The van der Waals surface area contributed by atoms with Gasteiger partial charge in [-0.1, -0.05) is 31.1 Å². The third-order valence-electron chi connectivity index (χ3n) is 4.64. The van der Waals surface area contributed by atoms with E-state index in [0.717, 1.165) is 19.3 Å². The van der Waals surface area contributed by atoms with E-state index < -0.39 is 11.1 Å². The van der Waals surface area contributed by atoms with Gasteiger partial charge in [0.25, 0.3) is 5.69 Å². The summed E-state index contributed by atoms with van der Waals surface area (Å²) in [5.41, 5.74) is -0.102. The summed E-state index contributed by atoms with van der Waals surface area (Å²) in [5, 5.41) is 10.6. The molecule has 156 valence electrons. The van der Waals surface area contributed by atoms with E-state index in [-0.39, 0.29) is 42.5 Å². The van der Waals surface area contributed by atoms with Crippen LogP contribution in [-0.2, 0) is 14.3 Å². The lowest BCUT2D eigenvalue weighted by molar-refractivity contribution is -0.384. The number of rotatable bonds is 8. The minimum absolute atomic E-state index is 0.0555. The van der Waals surface area contributed by atoms with E-state index in [9.17, 15) is 19.7 Å². The Morgan fingerprint density at radius 3 is 2.55 bits per heavy atom. The molecule has 0 amide bonds. The number of nitrogens with zero attached hydrogens (tertiary/aromatic N) is 1. The number of benzene rings is 1. The first-order chi connectivity index (χ1) is 14.0. The van der Waals surface area contributed by atoms with Crippen LogP contribution in [0.15, 0.2) is 48.6 Å². The van der Waals surface area contributed by atoms with Crippen molar-refractivity contribution in [1.29, 1.82) is 0 Å². The Bertz CT molecular complexity index is 755. The number of carbonyl (C=O) groups excluding carboxylic acids is 2. The predicted octanol–water partition coefficient (Wildman–Crippen LogP) is 4.59. The third kappa shape index (κ3) is 7.40. The van der Waals surface area contributed by atoms with E-state index in [4.69, 9.17) is 14.2 Å². The number of allylic oxidation sites excluding steroid dienone is 3. The number of nitro benzene ring substituents is 1. The van der Waals surface area contributed by atoms with Crippen LogP contribution in [0.5, 0.6) is 5.75 Å². The smallest absolute Gasteiger partial charge is 0.461 e. The fraction of sp³-hybridized carbons (Fsp3) is 0.429. The van der Waals surface area contributed by atoms with Crippen LogP contribution in [-0.4, -0.2) is 30.3 Å². The molecule has 0 aromatic heterocycles. The van der Waals surface area contributed by atoms with Crippen LogP contribution in [0.2, 0.25) is 0 Å². The van der Waals surface area contributed by atoms with Crippen molar-refractivity contribution in [3.8, 4) is 5.75 Å². The van der Waals surface area contributed by atoms with Crippen LogP contribution < -0.4 is 4.74 Å². The van der Waals surface area contributed by atoms with E-state index in [1.807, 2.05) is 25.2 Å². The number of non-ortho nitro benzene ring substituents is 1. The van der Waals surface area contributed by atoms with Crippen molar-refractivity contribution in [2.45, 2.75) is 32.6 Å². The number of hydrogen-bond donors (Lipinski definition) is 0. The molecular formula is C21H25NO7. The van der Waals surface area contributed by atoms with E-state index in [1.54, 1.807) is 6.08 Å². The highest BCUT2D eigenvalue weighted by atomic mass is 16.7. The van der Waals surface area contributed by atoms with Crippen LogP contribution >= 0.6 is 0 Å². The summed E-state index contributed by atoms with van der Waals surface area (Å²) in [6.07, 6.45) is 9.72. The molecular weight excluding hydrogens is 378 g/mol. The second kappa shape index (κ2) is 11.6. The Hall–Kier alpha value is -3.16. The van der Waals surface area contributed by atoms with Crippen molar-refractivity contribution < 1.29 is 28.7 Å². The van der Waals surface area contributed by atoms with Gasteiger partial charge in [-0.3, -0.25) is 14.9 Å². The number of hydrogen-bond acceptors (Lipinski definition) is 7. The lowest BCUT2D eigenvalue weighted by Gasteiger charge is -2.29. The molecule has 1 fully saturated rings. The average Bonchev–Trinajstić information content (AvgIpc) is 2.72. The highest BCUT2D eigenvalue weighted by Crippen LogP contribution is 2.31. The van der Waals surface area contributed by atoms with Gasteiger partial charge in [0.05, 0.1) is 17.4 Å². The van der Waals surface area contributed by atoms with Crippen LogP contribution in [0.4, 0.5) is 10.5 Å². The second-order valence-corrected chi connectivity index (χ2v) is 6.65. The quantitative estimate of drug-likeness (QED) is 0.205. The molecule has 0 N–H and O–H groups in total. The first kappa shape index (κ1) is 22.1. The molecule has 1 aliphatic rings. The molecule has 0 heterocycles. The highest BCUT2D eigenvalue weighted by molar-refractivity contribution is 5.73. The average molecular weight is 403 g/mol. The normalized spacial score (nSPS) is 19.2. The van der Waals surface area contributed by atoms with Crippen LogP contribution in [0.25, 0.3) is 0 Å². The molecule has 0 bridgehead atoms. The molecule has 8 heteroatoms. The molecule has 0 spiro atoms. The minimum atomic E-state index is -0.911. The number of carbonyl (C=O) groups is 2. The molecule has 0 saturated heterocycles. The predicted molar refractivity (Wildman–Crippen MR) is 105 cm³/mol. The van der Waals surface area contributed by atoms with Crippen LogP contribution in [0, 0.1) is 22.0 Å². The van der Waals surface area contributed by atoms with Crippen LogP contribution in [0.1, 0.15) is 32.6 Å². The SMILES string of the molecule is C/C=C/C=C/COC(=O)[C@@H]1CCCC[C@H]1COC(=O)Oc1ccc([N+](=O)[O-])cc1. The zero-order chi connectivity index (χ0) is 21.1. The molecule has 29 heavy (non-hydrogen) atoms. The topological polar surface area (TPSA) is 105 Å². The largest absolute Gasteiger partial charge is 0.513 e. The Kier molecular flexibility index (Phi) is 8.88. The number of esters is 1. The van der Waals surface area contributed by atoms with Crippen molar-refractivity contribution in [3.63, 3.8) is 0 Å². The molecule has 1 aliphatic carbocycles. The van der Waals surface area contributed by atoms with Gasteiger partial charge in [-0.15, -0.1) is 0 Å². The standard InChI is InChI=1S/C21H25NO7/c1-2-3-4-7-14-27-20(23)19-9-6-5-8-16(19)15-28-21(24)29-18-12-10-17(11-13-18)22(25)26/h2-4,7,10-13,16,19H,5-6,8-9,14-15H2,1H3/b3-2+,7-4+/t16-,19+/m0/s1. The summed E-state index contributed by atoms with van der Waals surface area (Å²) in [5.74, 6) is -0.577. The van der Waals surface area contributed by atoms with Gasteiger partial charge in [0.15, 0.2) is 0 Å². The molecule has 0 radical (unpaired) electrons. The Morgan fingerprint density at radius 1 is 1.14 bits per heavy atom. The number of ether oxygens (including phenoxy) is 3. The molecule has 0 aliphatic heterocycles. The molecule has 8 nitrogen and oxygen atoms in total. The first-order valence-electron chi connectivity index (χ1n) is 9.54. The maximum absolute atomic E-state index is 12.4.